The molecule has 1 aliphatic rings. The van der Waals surface area contributed by atoms with Crippen molar-refractivity contribution in [3.63, 3.8) is 0 Å². The number of hydrogen-bond acceptors (Lipinski definition) is 4. The number of halogens is 1. The van der Waals surface area contributed by atoms with Gasteiger partial charge in [0.05, 0.1) is 4.90 Å². The zero-order valence-electron chi connectivity index (χ0n) is 13.4. The molecule has 1 aromatic heterocycles. The highest BCUT2D eigenvalue weighted by atomic mass is 79.9. The Balaban J connectivity index is 1.74. The first-order valence-corrected chi connectivity index (χ1v) is 10.1. The number of hydrogen-bond donors (Lipinski definition) is 1. The van der Waals surface area contributed by atoms with Crippen LogP contribution in [-0.4, -0.2) is 36.8 Å². The summed E-state index contributed by atoms with van der Waals surface area (Å²) in [6, 6.07) is 10.8. The second-order valence-electron chi connectivity index (χ2n) is 5.99. The predicted molar refractivity (Wildman–Crippen MR) is 98.5 cm³/mol. The van der Waals surface area contributed by atoms with E-state index < -0.39 is 10.0 Å². The third kappa shape index (κ3) is 3.96. The first-order valence-electron chi connectivity index (χ1n) is 7.90. The average Bonchev–Trinajstić information content (AvgIpc) is 2.55. The Hall–Kier alpha value is -1.44. The lowest BCUT2D eigenvalue weighted by Gasteiger charge is -2.33. The molecule has 1 aliphatic heterocycles. The second kappa shape index (κ2) is 7.21. The largest absolute Gasteiger partial charge is 0.381 e. The summed E-state index contributed by atoms with van der Waals surface area (Å²) in [5.41, 5.74) is 1.92. The molecule has 0 aliphatic carbocycles. The number of nitrogens with zero attached hydrogens (tertiary/aromatic N) is 2. The molecule has 1 aromatic carbocycles. The second-order valence-corrected chi connectivity index (χ2v) is 8.84. The number of pyridine rings is 1. The Kier molecular flexibility index (Phi) is 5.22. The Bertz CT molecular complexity index is 809. The van der Waals surface area contributed by atoms with E-state index in [0.29, 0.717) is 18.0 Å². The number of benzene rings is 1. The molecular formula is C17H20BrN3O2S. The van der Waals surface area contributed by atoms with Crippen LogP contribution in [0, 0.1) is 6.92 Å². The summed E-state index contributed by atoms with van der Waals surface area (Å²) < 4.78 is 28.1. The molecule has 0 spiro atoms. The number of aryl methyl sites for hydroxylation is 1. The minimum Gasteiger partial charge on any atom is -0.381 e. The molecule has 1 unspecified atom stereocenters. The van der Waals surface area contributed by atoms with Crippen molar-refractivity contribution in [3.05, 3.63) is 52.8 Å². The maximum absolute atomic E-state index is 12.8. The molecule has 7 heteroatoms. The van der Waals surface area contributed by atoms with Crippen molar-refractivity contribution in [2.45, 2.75) is 30.7 Å². The first-order chi connectivity index (χ1) is 11.4. The van der Waals surface area contributed by atoms with Crippen LogP contribution in [0.1, 0.15) is 18.5 Å². The van der Waals surface area contributed by atoms with Gasteiger partial charge in [0.1, 0.15) is 0 Å². The van der Waals surface area contributed by atoms with E-state index in [4.69, 9.17) is 0 Å². The normalized spacial score (nSPS) is 19.2. The van der Waals surface area contributed by atoms with Crippen LogP contribution in [0.2, 0.25) is 0 Å². The Morgan fingerprint density at radius 3 is 2.71 bits per heavy atom. The van der Waals surface area contributed by atoms with E-state index in [2.05, 4.69) is 26.2 Å². The average molecular weight is 410 g/mol. The van der Waals surface area contributed by atoms with Gasteiger partial charge in [-0.3, -0.25) is 4.98 Å². The van der Waals surface area contributed by atoms with Gasteiger partial charge in [-0.2, -0.15) is 4.31 Å². The van der Waals surface area contributed by atoms with Crippen molar-refractivity contribution in [1.82, 2.24) is 9.29 Å². The monoisotopic (exact) mass is 409 g/mol. The zero-order chi connectivity index (χ0) is 17.2. The number of sulfonamides is 1. The smallest absolute Gasteiger partial charge is 0.243 e. The quantitative estimate of drug-likeness (QED) is 0.839. The summed E-state index contributed by atoms with van der Waals surface area (Å²) in [6.45, 7) is 2.97. The van der Waals surface area contributed by atoms with Crippen molar-refractivity contribution in [3.8, 4) is 0 Å². The molecule has 2 aromatic rings. The van der Waals surface area contributed by atoms with Crippen LogP contribution in [0.4, 0.5) is 5.69 Å². The lowest BCUT2D eigenvalue weighted by Crippen LogP contribution is -2.45. The van der Waals surface area contributed by atoms with Gasteiger partial charge in [0, 0.05) is 41.2 Å². The molecule has 1 fully saturated rings. The molecular weight excluding hydrogens is 390 g/mol. The predicted octanol–water partition coefficient (Wildman–Crippen LogP) is 3.42. The molecule has 3 rings (SSSR count). The van der Waals surface area contributed by atoms with Gasteiger partial charge in [-0.25, -0.2) is 8.42 Å². The summed E-state index contributed by atoms with van der Waals surface area (Å²) in [5, 5.41) is 3.43. The Morgan fingerprint density at radius 2 is 2.00 bits per heavy atom. The van der Waals surface area contributed by atoms with Crippen molar-refractivity contribution < 1.29 is 8.42 Å². The maximum Gasteiger partial charge on any atom is 0.243 e. The molecule has 2 heterocycles. The number of nitrogens with one attached hydrogen (secondary N) is 1. The van der Waals surface area contributed by atoms with E-state index in [0.717, 1.165) is 28.7 Å². The van der Waals surface area contributed by atoms with E-state index in [9.17, 15) is 8.42 Å². The van der Waals surface area contributed by atoms with Gasteiger partial charge >= 0.3 is 0 Å². The minimum atomic E-state index is -3.45. The standard InChI is InChI=1S/C17H20BrN3O2S/c1-13-11-15(8-9-19-13)20-16-3-2-10-21(12-16)24(22,23)17-6-4-14(18)5-7-17/h4-9,11,16H,2-3,10,12H2,1H3,(H,19,20). The lowest BCUT2D eigenvalue weighted by molar-refractivity contribution is 0.327. The van der Waals surface area contributed by atoms with Gasteiger partial charge in [0.15, 0.2) is 0 Å². The van der Waals surface area contributed by atoms with Gasteiger partial charge in [-0.05, 0) is 56.2 Å². The van der Waals surface area contributed by atoms with Crippen LogP contribution in [0.5, 0.6) is 0 Å². The molecule has 0 bridgehead atoms. The fourth-order valence-corrected chi connectivity index (χ4v) is 4.69. The van der Waals surface area contributed by atoms with Crippen LogP contribution in [-0.2, 0) is 10.0 Å². The Labute approximate surface area is 151 Å². The fraction of sp³-hybridized carbons (Fsp3) is 0.353. The summed E-state index contributed by atoms with van der Waals surface area (Å²) in [4.78, 5) is 4.52. The molecule has 0 radical (unpaired) electrons. The highest BCUT2D eigenvalue weighted by Crippen LogP contribution is 2.24. The highest BCUT2D eigenvalue weighted by Gasteiger charge is 2.30. The van der Waals surface area contributed by atoms with Crippen molar-refractivity contribution in [1.29, 1.82) is 0 Å². The van der Waals surface area contributed by atoms with E-state index in [1.807, 2.05) is 19.1 Å². The molecule has 1 atom stereocenters. The summed E-state index contributed by atoms with van der Waals surface area (Å²) in [5.74, 6) is 0. The van der Waals surface area contributed by atoms with E-state index >= 15 is 0 Å². The number of rotatable bonds is 4. The maximum atomic E-state index is 12.8. The minimum absolute atomic E-state index is 0.103. The van der Waals surface area contributed by atoms with Gasteiger partial charge in [-0.1, -0.05) is 15.9 Å². The molecule has 1 saturated heterocycles. The van der Waals surface area contributed by atoms with Gasteiger partial charge in [0.25, 0.3) is 0 Å². The van der Waals surface area contributed by atoms with Crippen LogP contribution >= 0.6 is 15.9 Å². The molecule has 0 amide bonds. The SMILES string of the molecule is Cc1cc(NC2CCCN(S(=O)(=O)c3ccc(Br)cc3)C2)ccn1. The lowest BCUT2D eigenvalue weighted by atomic mass is 10.1. The van der Waals surface area contributed by atoms with Crippen molar-refractivity contribution in [2.75, 3.05) is 18.4 Å². The molecule has 128 valence electrons. The van der Waals surface area contributed by atoms with E-state index in [1.165, 1.54) is 0 Å². The summed E-state index contributed by atoms with van der Waals surface area (Å²) >= 11 is 3.34. The van der Waals surface area contributed by atoms with Crippen LogP contribution in [0.3, 0.4) is 0 Å². The van der Waals surface area contributed by atoms with Crippen LogP contribution < -0.4 is 5.32 Å². The number of piperidine rings is 1. The van der Waals surface area contributed by atoms with E-state index in [-0.39, 0.29) is 6.04 Å². The first kappa shape index (κ1) is 17.4. The zero-order valence-corrected chi connectivity index (χ0v) is 15.8. The van der Waals surface area contributed by atoms with Gasteiger partial charge in [0.2, 0.25) is 10.0 Å². The number of anilines is 1. The third-order valence-corrected chi connectivity index (χ3v) is 6.51. The molecule has 0 saturated carbocycles. The molecule has 24 heavy (non-hydrogen) atoms. The highest BCUT2D eigenvalue weighted by molar-refractivity contribution is 9.10. The summed E-state index contributed by atoms with van der Waals surface area (Å²) in [7, 11) is -3.45. The van der Waals surface area contributed by atoms with Crippen LogP contribution in [0.25, 0.3) is 0 Å². The summed E-state index contributed by atoms with van der Waals surface area (Å²) in [6.07, 6.45) is 3.56. The molecule has 1 N–H and O–H groups in total. The van der Waals surface area contributed by atoms with Crippen molar-refractivity contribution >= 4 is 31.6 Å². The number of aromatic nitrogens is 1. The Morgan fingerprint density at radius 1 is 1.25 bits per heavy atom. The topological polar surface area (TPSA) is 62.3 Å². The molecule has 5 nitrogen and oxygen atoms in total. The fourth-order valence-electron chi connectivity index (χ4n) is 2.91. The third-order valence-electron chi connectivity index (χ3n) is 4.10. The van der Waals surface area contributed by atoms with E-state index in [1.54, 1.807) is 34.8 Å². The van der Waals surface area contributed by atoms with Crippen molar-refractivity contribution in [2.24, 2.45) is 0 Å². The van der Waals surface area contributed by atoms with Gasteiger partial charge < -0.3 is 5.32 Å². The van der Waals surface area contributed by atoms with Crippen LogP contribution in [0.15, 0.2) is 52.0 Å². The van der Waals surface area contributed by atoms with Gasteiger partial charge in [-0.15, -0.1) is 0 Å².